The van der Waals surface area contributed by atoms with Crippen LogP contribution in [0.4, 0.5) is 13.2 Å². The number of rotatable bonds is 3. The highest BCUT2D eigenvalue weighted by Gasteiger charge is 2.36. The molecule has 17 heavy (non-hydrogen) atoms. The van der Waals surface area contributed by atoms with Gasteiger partial charge in [-0.05, 0) is 24.6 Å². The maximum absolute atomic E-state index is 12.5. The third-order valence-corrected chi connectivity index (χ3v) is 2.62. The van der Waals surface area contributed by atoms with E-state index in [2.05, 4.69) is 0 Å². The van der Waals surface area contributed by atoms with Crippen molar-refractivity contribution in [2.24, 2.45) is 5.73 Å². The summed E-state index contributed by atoms with van der Waals surface area (Å²) in [5.41, 5.74) is 2.78. The number of halogens is 3. The van der Waals surface area contributed by atoms with E-state index in [1.54, 1.807) is 0 Å². The summed E-state index contributed by atoms with van der Waals surface area (Å²) in [4.78, 5) is 11.2. The molecule has 0 aliphatic heterocycles. The van der Waals surface area contributed by atoms with E-state index in [0.717, 1.165) is 12.1 Å². The summed E-state index contributed by atoms with van der Waals surface area (Å²) in [7, 11) is 1.21. The Labute approximate surface area is 96.4 Å². The lowest BCUT2D eigenvalue weighted by Gasteiger charge is -2.25. The van der Waals surface area contributed by atoms with Gasteiger partial charge in [-0.15, -0.1) is 0 Å². The molecule has 0 aromatic heterocycles. The van der Waals surface area contributed by atoms with E-state index in [0.29, 0.717) is 0 Å². The van der Waals surface area contributed by atoms with Crippen LogP contribution in [0.3, 0.4) is 0 Å². The molecule has 0 saturated carbocycles. The van der Waals surface area contributed by atoms with Gasteiger partial charge in [-0.3, -0.25) is 4.79 Å². The van der Waals surface area contributed by atoms with Crippen molar-refractivity contribution in [3.8, 4) is 0 Å². The fourth-order valence-electron chi connectivity index (χ4n) is 1.35. The Bertz CT molecular complexity index is 431. The summed E-state index contributed by atoms with van der Waals surface area (Å²) < 4.78 is 42.4. The number of nitrogens with two attached hydrogens (primary N) is 1. The average Bonchev–Trinajstić information content (AvgIpc) is 2.26. The summed E-state index contributed by atoms with van der Waals surface area (Å²) in [5, 5.41) is 0. The largest absolute Gasteiger partial charge is 0.416 e. The van der Waals surface area contributed by atoms with Gasteiger partial charge < -0.3 is 10.5 Å². The van der Waals surface area contributed by atoms with E-state index in [4.69, 9.17) is 10.5 Å². The van der Waals surface area contributed by atoms with E-state index in [9.17, 15) is 18.0 Å². The summed E-state index contributed by atoms with van der Waals surface area (Å²) in [6.07, 6.45) is -4.47. The first-order valence-electron chi connectivity index (χ1n) is 4.74. The molecular weight excluding hydrogens is 235 g/mol. The molecule has 1 rings (SSSR count). The van der Waals surface area contributed by atoms with Crippen LogP contribution in [0.25, 0.3) is 0 Å². The molecule has 1 atom stereocenters. The minimum absolute atomic E-state index is 0.0716. The highest BCUT2D eigenvalue weighted by molar-refractivity contribution is 5.84. The first kappa shape index (κ1) is 13.5. The second-order valence-electron chi connectivity index (χ2n) is 3.68. The van der Waals surface area contributed by atoms with Gasteiger partial charge in [0.25, 0.3) is 5.91 Å². The van der Waals surface area contributed by atoms with Crippen molar-refractivity contribution in [1.29, 1.82) is 0 Å². The third-order valence-electron chi connectivity index (χ3n) is 2.62. The number of hydrogen-bond donors (Lipinski definition) is 1. The van der Waals surface area contributed by atoms with Crippen LogP contribution in [0.2, 0.25) is 0 Å². The molecule has 0 bridgehead atoms. The Morgan fingerprint density at radius 3 is 2.24 bits per heavy atom. The molecule has 94 valence electrons. The van der Waals surface area contributed by atoms with Crippen LogP contribution in [0.15, 0.2) is 24.3 Å². The van der Waals surface area contributed by atoms with Crippen molar-refractivity contribution in [3.63, 3.8) is 0 Å². The SMILES string of the molecule is COC(C)(C(N)=O)c1cccc(C(F)(F)F)c1. The molecule has 1 aromatic rings. The second kappa shape index (κ2) is 4.37. The lowest BCUT2D eigenvalue weighted by atomic mass is 9.93. The molecular formula is C11H12F3NO2. The van der Waals surface area contributed by atoms with Crippen molar-refractivity contribution in [3.05, 3.63) is 35.4 Å². The van der Waals surface area contributed by atoms with Gasteiger partial charge in [0.05, 0.1) is 5.56 Å². The monoisotopic (exact) mass is 247 g/mol. The number of primary amides is 1. The number of methoxy groups -OCH3 is 1. The maximum atomic E-state index is 12.5. The second-order valence-corrected chi connectivity index (χ2v) is 3.68. The Kier molecular flexibility index (Phi) is 3.47. The Hall–Kier alpha value is -1.56. The fourth-order valence-corrected chi connectivity index (χ4v) is 1.35. The lowest BCUT2D eigenvalue weighted by Crippen LogP contribution is -2.40. The van der Waals surface area contributed by atoms with Crippen molar-refractivity contribution in [1.82, 2.24) is 0 Å². The zero-order chi connectivity index (χ0) is 13.3. The Morgan fingerprint density at radius 1 is 1.29 bits per heavy atom. The predicted molar refractivity (Wildman–Crippen MR) is 55.0 cm³/mol. The summed E-state index contributed by atoms with van der Waals surface area (Å²) >= 11 is 0. The van der Waals surface area contributed by atoms with E-state index in [-0.39, 0.29) is 5.56 Å². The molecule has 0 aliphatic carbocycles. The van der Waals surface area contributed by atoms with Crippen LogP contribution in [0.1, 0.15) is 18.1 Å². The number of alkyl halides is 3. The smallest absolute Gasteiger partial charge is 0.367 e. The number of amides is 1. The van der Waals surface area contributed by atoms with Crippen LogP contribution in [0, 0.1) is 0 Å². The minimum atomic E-state index is -4.47. The Morgan fingerprint density at radius 2 is 1.82 bits per heavy atom. The predicted octanol–water partition coefficient (Wildman–Crippen LogP) is 2.05. The standard InChI is InChI=1S/C11H12F3NO2/c1-10(17-2,9(15)16)7-4-3-5-8(6-7)11(12,13)14/h3-6H,1-2H3,(H2,15,16). The number of benzene rings is 1. The zero-order valence-corrected chi connectivity index (χ0v) is 9.34. The molecule has 3 nitrogen and oxygen atoms in total. The maximum Gasteiger partial charge on any atom is 0.416 e. The number of carbonyl (C=O) groups is 1. The van der Waals surface area contributed by atoms with Crippen LogP contribution in [-0.2, 0) is 21.3 Å². The Balaban J connectivity index is 3.28. The molecule has 0 spiro atoms. The number of ether oxygens (including phenoxy) is 1. The van der Waals surface area contributed by atoms with E-state index in [1.807, 2.05) is 0 Å². The van der Waals surface area contributed by atoms with Gasteiger partial charge in [0, 0.05) is 7.11 Å². The molecule has 0 aliphatic rings. The van der Waals surface area contributed by atoms with Crippen LogP contribution in [-0.4, -0.2) is 13.0 Å². The highest BCUT2D eigenvalue weighted by atomic mass is 19.4. The van der Waals surface area contributed by atoms with Gasteiger partial charge in [0.1, 0.15) is 0 Å². The van der Waals surface area contributed by atoms with Crippen molar-refractivity contribution in [2.75, 3.05) is 7.11 Å². The minimum Gasteiger partial charge on any atom is -0.367 e. The van der Waals surface area contributed by atoms with Gasteiger partial charge in [-0.25, -0.2) is 0 Å². The van der Waals surface area contributed by atoms with Gasteiger partial charge in [0.2, 0.25) is 0 Å². The van der Waals surface area contributed by atoms with Gasteiger partial charge >= 0.3 is 6.18 Å². The average molecular weight is 247 g/mol. The van der Waals surface area contributed by atoms with Crippen LogP contribution in [0.5, 0.6) is 0 Å². The van der Waals surface area contributed by atoms with E-state index >= 15 is 0 Å². The molecule has 1 unspecified atom stereocenters. The summed E-state index contributed by atoms with van der Waals surface area (Å²) in [6, 6.07) is 4.34. The van der Waals surface area contributed by atoms with Gasteiger partial charge in [-0.1, -0.05) is 12.1 Å². The molecule has 1 aromatic carbocycles. The summed E-state index contributed by atoms with van der Waals surface area (Å²) in [5.74, 6) is -0.848. The molecule has 0 fully saturated rings. The fraction of sp³-hybridized carbons (Fsp3) is 0.364. The molecule has 2 N–H and O–H groups in total. The molecule has 0 heterocycles. The quantitative estimate of drug-likeness (QED) is 0.888. The first-order valence-corrected chi connectivity index (χ1v) is 4.74. The molecule has 0 saturated heterocycles. The van der Waals surface area contributed by atoms with Crippen molar-refractivity contribution < 1.29 is 22.7 Å². The number of carbonyl (C=O) groups excluding carboxylic acids is 1. The van der Waals surface area contributed by atoms with Crippen LogP contribution >= 0.6 is 0 Å². The van der Waals surface area contributed by atoms with Crippen molar-refractivity contribution in [2.45, 2.75) is 18.7 Å². The molecule has 0 radical (unpaired) electrons. The topological polar surface area (TPSA) is 52.3 Å². The highest BCUT2D eigenvalue weighted by Crippen LogP contribution is 2.33. The summed E-state index contributed by atoms with van der Waals surface area (Å²) in [6.45, 7) is 1.32. The molecule has 6 heteroatoms. The van der Waals surface area contributed by atoms with Gasteiger partial charge in [-0.2, -0.15) is 13.2 Å². The first-order chi connectivity index (χ1) is 7.71. The van der Waals surface area contributed by atoms with Gasteiger partial charge in [0.15, 0.2) is 5.60 Å². The third kappa shape index (κ3) is 2.58. The van der Waals surface area contributed by atoms with Crippen LogP contribution < -0.4 is 5.73 Å². The van der Waals surface area contributed by atoms with E-state index < -0.39 is 23.2 Å². The zero-order valence-electron chi connectivity index (χ0n) is 9.34. The van der Waals surface area contributed by atoms with E-state index in [1.165, 1.54) is 26.2 Å². The molecule has 1 amide bonds. The lowest BCUT2D eigenvalue weighted by molar-refractivity contribution is -0.141. The number of hydrogen-bond acceptors (Lipinski definition) is 2. The van der Waals surface area contributed by atoms with Crippen molar-refractivity contribution >= 4 is 5.91 Å². The normalized spacial score (nSPS) is 15.4.